The molecule has 0 bridgehead atoms. The van der Waals surface area contributed by atoms with Gasteiger partial charge < -0.3 is 9.88 Å². The molecule has 4 nitrogen and oxygen atoms in total. The van der Waals surface area contributed by atoms with Crippen LogP contribution in [-0.2, 0) is 11.2 Å². The number of fused-ring (bicyclic) bond motifs is 5. The number of benzene rings is 4. The van der Waals surface area contributed by atoms with Crippen LogP contribution in [-0.4, -0.2) is 26.9 Å². The highest BCUT2D eigenvalue weighted by molar-refractivity contribution is 7.80. The quantitative estimate of drug-likeness (QED) is 0.281. The lowest BCUT2D eigenvalue weighted by atomic mass is 9.89. The normalized spacial score (nSPS) is 19.5. The monoisotopic (exact) mass is 493 g/mol. The van der Waals surface area contributed by atoms with Crippen molar-refractivity contribution >= 4 is 62.2 Å². The lowest BCUT2D eigenvalue weighted by Crippen LogP contribution is -2.44. The minimum absolute atomic E-state index is 0.0150. The zero-order valence-electron chi connectivity index (χ0n) is 18.6. The zero-order chi connectivity index (χ0) is 23.7. The van der Waals surface area contributed by atoms with E-state index in [1.165, 1.54) is 5.56 Å². The Morgan fingerprint density at radius 2 is 1.57 bits per heavy atom. The Bertz CT molecular complexity index is 1650. The number of rotatable bonds is 2. The Kier molecular flexibility index (Phi) is 4.53. The Morgan fingerprint density at radius 1 is 0.857 bits per heavy atom. The van der Waals surface area contributed by atoms with Gasteiger partial charge in [-0.2, -0.15) is 0 Å². The molecule has 1 N–H and O–H groups in total. The molecule has 170 valence electrons. The van der Waals surface area contributed by atoms with Gasteiger partial charge in [-0.05, 0) is 53.0 Å². The number of para-hydroxylation sites is 1. The average molecular weight is 494 g/mol. The smallest absolute Gasteiger partial charge is 0.256 e. The number of carbonyl (C=O) groups excluding carboxylic acids is 1. The maximum absolute atomic E-state index is 14.1. The van der Waals surface area contributed by atoms with Crippen LogP contribution < -0.4 is 4.90 Å². The highest BCUT2D eigenvalue weighted by Crippen LogP contribution is 2.45. The van der Waals surface area contributed by atoms with Crippen LogP contribution in [0.1, 0.15) is 22.9 Å². The fraction of sp³-hybridized carbons (Fsp3) is 0.103. The third-order valence-corrected chi connectivity index (χ3v) is 7.89. The number of H-pyrrole nitrogens is 1. The third kappa shape index (κ3) is 2.98. The van der Waals surface area contributed by atoms with Gasteiger partial charge in [0.05, 0.1) is 11.7 Å². The second-order valence-electron chi connectivity index (χ2n) is 9.10. The molecule has 6 heteroatoms. The number of hydrogen-bond donors (Lipinski definition) is 1. The molecule has 5 aromatic rings. The number of halogens is 1. The van der Waals surface area contributed by atoms with Crippen molar-refractivity contribution in [2.24, 2.45) is 0 Å². The molecule has 2 atom stereocenters. The van der Waals surface area contributed by atoms with Crippen molar-refractivity contribution < 1.29 is 4.79 Å². The lowest BCUT2D eigenvalue weighted by molar-refractivity contribution is -0.120. The van der Waals surface area contributed by atoms with Gasteiger partial charge in [0, 0.05) is 33.4 Å². The zero-order valence-corrected chi connectivity index (χ0v) is 20.2. The SMILES string of the molecule is O=C1[C@H]2Cc3c([nH]c4ccccc34)[C@H](c3ccc(Cl)cc3)N2C(=S)N1c1cccc2ccccc12. The molecule has 35 heavy (non-hydrogen) atoms. The van der Waals surface area contributed by atoms with E-state index in [4.69, 9.17) is 23.8 Å². The summed E-state index contributed by atoms with van der Waals surface area (Å²) in [6, 6.07) is 29.7. The van der Waals surface area contributed by atoms with Crippen molar-refractivity contribution in [3.63, 3.8) is 0 Å². The number of carbonyl (C=O) groups is 1. The maximum atomic E-state index is 14.1. The van der Waals surface area contributed by atoms with E-state index >= 15 is 0 Å². The summed E-state index contributed by atoms with van der Waals surface area (Å²) in [5.41, 5.74) is 5.21. The summed E-state index contributed by atoms with van der Waals surface area (Å²) in [6.07, 6.45) is 0.601. The van der Waals surface area contributed by atoms with Gasteiger partial charge in [0.25, 0.3) is 5.91 Å². The lowest BCUT2D eigenvalue weighted by Gasteiger charge is -2.37. The van der Waals surface area contributed by atoms with Crippen molar-refractivity contribution in [2.75, 3.05) is 4.90 Å². The van der Waals surface area contributed by atoms with Gasteiger partial charge in [0.15, 0.2) is 5.11 Å². The fourth-order valence-corrected chi connectivity index (χ4v) is 6.24. The minimum Gasteiger partial charge on any atom is -0.356 e. The molecule has 3 heterocycles. The Hall–Kier alpha value is -3.67. The Morgan fingerprint density at radius 3 is 2.40 bits per heavy atom. The first-order valence-electron chi connectivity index (χ1n) is 11.6. The summed E-state index contributed by atoms with van der Waals surface area (Å²) >= 11 is 12.3. The van der Waals surface area contributed by atoms with E-state index in [9.17, 15) is 4.79 Å². The highest BCUT2D eigenvalue weighted by atomic mass is 35.5. The number of hydrogen-bond acceptors (Lipinski definition) is 2. The first kappa shape index (κ1) is 20.7. The topological polar surface area (TPSA) is 39.3 Å². The summed E-state index contributed by atoms with van der Waals surface area (Å²) < 4.78 is 0. The summed E-state index contributed by atoms with van der Waals surface area (Å²) in [4.78, 5) is 21.6. The van der Waals surface area contributed by atoms with Crippen LogP contribution in [0.25, 0.3) is 21.7 Å². The first-order chi connectivity index (χ1) is 17.1. The third-order valence-electron chi connectivity index (χ3n) is 7.24. The largest absolute Gasteiger partial charge is 0.356 e. The van der Waals surface area contributed by atoms with Gasteiger partial charge in [0.1, 0.15) is 6.04 Å². The van der Waals surface area contributed by atoms with Crippen molar-refractivity contribution in [3.8, 4) is 0 Å². The summed E-state index contributed by atoms with van der Waals surface area (Å²) in [6.45, 7) is 0. The van der Waals surface area contributed by atoms with E-state index in [2.05, 4.69) is 34.1 Å². The van der Waals surface area contributed by atoms with Crippen LogP contribution in [0.4, 0.5) is 5.69 Å². The van der Waals surface area contributed by atoms with Crippen LogP contribution in [0.15, 0.2) is 91.0 Å². The molecule has 7 rings (SSSR count). The molecule has 2 aliphatic heterocycles. The Balaban J connectivity index is 1.43. The number of anilines is 1. The van der Waals surface area contributed by atoms with E-state index in [1.54, 1.807) is 4.90 Å². The number of nitrogens with one attached hydrogen (secondary N) is 1. The molecule has 1 amide bonds. The predicted molar refractivity (Wildman–Crippen MR) is 145 cm³/mol. The molecular weight excluding hydrogens is 474 g/mol. The predicted octanol–water partition coefficient (Wildman–Crippen LogP) is 6.62. The molecule has 0 unspecified atom stereocenters. The standard InChI is InChI=1S/C29H20ClN3OS/c30-19-14-12-18(13-15-19)27-26-22(21-9-3-4-10-23(21)31-26)16-25-28(34)33(29(35)32(25)27)24-11-5-7-17-6-1-2-8-20(17)24/h1-15,25,27,31H,16H2/t25-,27+/m1/s1. The second kappa shape index (κ2) is 7.67. The van der Waals surface area contributed by atoms with Crippen molar-refractivity contribution in [2.45, 2.75) is 18.5 Å². The van der Waals surface area contributed by atoms with Gasteiger partial charge in [-0.3, -0.25) is 9.69 Å². The molecule has 4 aromatic carbocycles. The maximum Gasteiger partial charge on any atom is 0.256 e. The number of thiocarbonyl (C=S) groups is 1. The van der Waals surface area contributed by atoms with Crippen LogP contribution in [0, 0.1) is 0 Å². The van der Waals surface area contributed by atoms with Crippen LogP contribution in [0.3, 0.4) is 0 Å². The molecule has 0 aliphatic carbocycles. The highest BCUT2D eigenvalue weighted by Gasteiger charge is 2.51. The second-order valence-corrected chi connectivity index (χ2v) is 9.90. The summed E-state index contributed by atoms with van der Waals surface area (Å²) in [5.74, 6) is 0.0150. The van der Waals surface area contributed by atoms with Gasteiger partial charge in [-0.25, -0.2) is 0 Å². The molecule has 2 aliphatic rings. The molecule has 0 saturated carbocycles. The van der Waals surface area contributed by atoms with Crippen molar-refractivity contribution in [1.29, 1.82) is 0 Å². The van der Waals surface area contributed by atoms with Gasteiger partial charge in [0.2, 0.25) is 0 Å². The van der Waals surface area contributed by atoms with Crippen molar-refractivity contribution in [1.82, 2.24) is 9.88 Å². The van der Waals surface area contributed by atoms with Gasteiger partial charge in [-0.15, -0.1) is 0 Å². The first-order valence-corrected chi connectivity index (χ1v) is 12.4. The average Bonchev–Trinajstić information content (AvgIpc) is 3.38. The molecule has 1 aromatic heterocycles. The Labute approximate surface area is 212 Å². The minimum atomic E-state index is -0.381. The number of aromatic nitrogens is 1. The summed E-state index contributed by atoms with van der Waals surface area (Å²) in [7, 11) is 0. The molecular formula is C29H20ClN3OS. The molecule has 0 spiro atoms. The van der Waals surface area contributed by atoms with E-state index in [1.807, 2.05) is 66.7 Å². The van der Waals surface area contributed by atoms with E-state index < -0.39 is 0 Å². The van der Waals surface area contributed by atoms with Gasteiger partial charge in [-0.1, -0.05) is 78.3 Å². The number of amides is 1. The molecule has 0 radical (unpaired) electrons. The van der Waals surface area contributed by atoms with Crippen LogP contribution in [0.2, 0.25) is 5.02 Å². The molecule has 1 saturated heterocycles. The summed E-state index contributed by atoms with van der Waals surface area (Å²) in [5, 5.41) is 4.45. The van der Waals surface area contributed by atoms with E-state index in [0.717, 1.165) is 38.6 Å². The van der Waals surface area contributed by atoms with Gasteiger partial charge >= 0.3 is 0 Å². The van der Waals surface area contributed by atoms with Crippen molar-refractivity contribution in [3.05, 3.63) is 113 Å². The fourth-order valence-electron chi connectivity index (χ4n) is 5.69. The number of aromatic amines is 1. The van der Waals surface area contributed by atoms with E-state index in [0.29, 0.717) is 16.6 Å². The van der Waals surface area contributed by atoms with E-state index in [-0.39, 0.29) is 18.0 Å². The molecule has 1 fully saturated rings. The van der Waals surface area contributed by atoms with Crippen LogP contribution in [0.5, 0.6) is 0 Å². The number of nitrogens with zero attached hydrogens (tertiary/aromatic N) is 2. The van der Waals surface area contributed by atoms with Crippen LogP contribution >= 0.6 is 23.8 Å².